The van der Waals surface area contributed by atoms with Crippen molar-refractivity contribution in [1.29, 1.82) is 5.26 Å². The molecule has 11 heteroatoms. The van der Waals surface area contributed by atoms with Gasteiger partial charge in [-0.2, -0.15) is 10.4 Å². The number of piperidine rings is 1. The van der Waals surface area contributed by atoms with Crippen LogP contribution in [0.25, 0.3) is 6.08 Å². The van der Waals surface area contributed by atoms with Crippen molar-refractivity contribution in [3.05, 3.63) is 77.6 Å². The monoisotopic (exact) mass is 575 g/mol. The second kappa shape index (κ2) is 13.1. The van der Waals surface area contributed by atoms with E-state index in [1.807, 2.05) is 10.7 Å². The maximum absolute atomic E-state index is 12.5. The number of carbonyl (C=O) groups is 1. The summed E-state index contributed by atoms with van der Waals surface area (Å²) in [6.07, 6.45) is 6.95. The lowest BCUT2D eigenvalue weighted by atomic mass is 9.84. The van der Waals surface area contributed by atoms with Crippen LogP contribution in [0.3, 0.4) is 0 Å². The number of nitrogens with one attached hydrogen (secondary N) is 2. The molecule has 0 unspecified atom stereocenters. The fraction of sp³-hybridized carbons (Fsp3) is 0.367. The van der Waals surface area contributed by atoms with E-state index in [0.29, 0.717) is 35.6 Å². The van der Waals surface area contributed by atoms with Crippen molar-refractivity contribution in [3.63, 3.8) is 0 Å². The molecule has 41 heavy (non-hydrogen) atoms. The molecule has 2 heterocycles. The smallest absolute Gasteiger partial charge is 0.242 e. The van der Waals surface area contributed by atoms with Gasteiger partial charge in [-0.25, -0.2) is 12.7 Å². The summed E-state index contributed by atoms with van der Waals surface area (Å²) in [6, 6.07) is 19.1. The summed E-state index contributed by atoms with van der Waals surface area (Å²) in [7, 11) is 1.17. The summed E-state index contributed by atoms with van der Waals surface area (Å²) >= 11 is 0. The Kier molecular flexibility index (Phi) is 9.60. The van der Waals surface area contributed by atoms with Crippen LogP contribution in [-0.2, 0) is 22.0 Å². The van der Waals surface area contributed by atoms with Crippen LogP contribution in [0.15, 0.2) is 65.7 Å². The van der Waals surface area contributed by atoms with Crippen LogP contribution in [0, 0.1) is 11.3 Å². The molecule has 0 bridgehead atoms. The maximum Gasteiger partial charge on any atom is 0.242 e. The molecule has 1 aliphatic heterocycles. The Morgan fingerprint density at radius 2 is 1.78 bits per heavy atom. The van der Waals surface area contributed by atoms with Gasteiger partial charge in [0.15, 0.2) is 12.1 Å². The van der Waals surface area contributed by atoms with E-state index in [-0.39, 0.29) is 11.3 Å². The number of anilines is 2. The minimum Gasteiger partial charge on any atom is -0.394 e. The molecule has 0 atom stereocenters. The van der Waals surface area contributed by atoms with Crippen molar-refractivity contribution >= 4 is 33.9 Å². The summed E-state index contributed by atoms with van der Waals surface area (Å²) in [5.74, 6) is 0.350. The number of hydrogen-bond acceptors (Lipinski definition) is 8. The first-order valence-electron chi connectivity index (χ1n) is 13.6. The van der Waals surface area contributed by atoms with Crippen LogP contribution in [0.1, 0.15) is 40.9 Å². The van der Waals surface area contributed by atoms with Crippen LogP contribution in [0.5, 0.6) is 0 Å². The molecule has 1 aromatic heterocycles. The SMILES string of the molecule is CN/C=C\c1c(C=O)c(Nc2ccc(S(=O)(=O)N(C)C)cc2)nn1C1(CC#N)CCN(CCc2ccccc2)CC1. The van der Waals surface area contributed by atoms with E-state index in [1.165, 1.54) is 31.8 Å². The Morgan fingerprint density at radius 3 is 2.37 bits per heavy atom. The molecule has 1 fully saturated rings. The predicted octanol–water partition coefficient (Wildman–Crippen LogP) is 3.83. The van der Waals surface area contributed by atoms with E-state index < -0.39 is 15.6 Å². The highest BCUT2D eigenvalue weighted by atomic mass is 32.2. The highest BCUT2D eigenvalue weighted by Crippen LogP contribution is 2.37. The lowest BCUT2D eigenvalue weighted by molar-refractivity contribution is 0.102. The van der Waals surface area contributed by atoms with E-state index in [2.05, 4.69) is 45.9 Å². The molecule has 2 N–H and O–H groups in total. The Morgan fingerprint density at radius 1 is 1.10 bits per heavy atom. The van der Waals surface area contributed by atoms with Crippen LogP contribution < -0.4 is 10.6 Å². The van der Waals surface area contributed by atoms with E-state index in [9.17, 15) is 18.5 Å². The van der Waals surface area contributed by atoms with Crippen LogP contribution in [0.2, 0.25) is 0 Å². The molecule has 0 spiro atoms. The minimum absolute atomic E-state index is 0.166. The lowest BCUT2D eigenvalue weighted by Crippen LogP contribution is -2.47. The van der Waals surface area contributed by atoms with Crippen molar-refractivity contribution in [1.82, 2.24) is 24.3 Å². The Labute approximate surface area is 242 Å². The summed E-state index contributed by atoms with van der Waals surface area (Å²) in [6.45, 7) is 2.55. The highest BCUT2D eigenvalue weighted by Gasteiger charge is 2.39. The van der Waals surface area contributed by atoms with Gasteiger partial charge >= 0.3 is 0 Å². The molecule has 216 valence electrons. The van der Waals surface area contributed by atoms with E-state index in [1.54, 1.807) is 31.5 Å². The second-order valence-corrected chi connectivity index (χ2v) is 12.5. The van der Waals surface area contributed by atoms with E-state index in [4.69, 9.17) is 5.10 Å². The number of hydrogen-bond donors (Lipinski definition) is 2. The number of aromatic nitrogens is 2. The largest absolute Gasteiger partial charge is 0.394 e. The molecular formula is C30H37N7O3S. The Balaban J connectivity index is 1.62. The average molecular weight is 576 g/mol. The molecular weight excluding hydrogens is 538 g/mol. The number of rotatable bonds is 12. The van der Waals surface area contributed by atoms with Crippen LogP contribution in [0.4, 0.5) is 11.5 Å². The molecule has 1 saturated heterocycles. The lowest BCUT2D eigenvalue weighted by Gasteiger charge is -2.41. The topological polar surface area (TPSA) is 123 Å². The number of carbonyl (C=O) groups excluding carboxylic acids is 1. The van der Waals surface area contributed by atoms with Gasteiger partial charge in [-0.3, -0.25) is 9.48 Å². The van der Waals surface area contributed by atoms with Gasteiger partial charge in [-0.1, -0.05) is 30.3 Å². The van der Waals surface area contributed by atoms with Gasteiger partial charge in [0, 0.05) is 46.5 Å². The standard InChI is InChI=1S/C30H37N7O3S/c1-32-19-13-28-27(23-38)29(33-25-9-11-26(12-10-25)41(39,40)35(2)3)34-37(28)30(15-18-31)16-21-36(22-17-30)20-14-24-7-5-4-6-8-24/h4-13,19,23,32H,14-17,20-22H2,1-3H3,(H,33,34)/b19-13-. The molecule has 4 rings (SSSR count). The first-order valence-corrected chi connectivity index (χ1v) is 15.0. The zero-order valence-corrected chi connectivity index (χ0v) is 24.6. The molecule has 0 radical (unpaired) electrons. The normalized spacial score (nSPS) is 15.6. The van der Waals surface area contributed by atoms with Gasteiger partial charge in [-0.15, -0.1) is 0 Å². The van der Waals surface area contributed by atoms with Gasteiger partial charge in [0.25, 0.3) is 0 Å². The quantitative estimate of drug-likeness (QED) is 0.313. The first-order chi connectivity index (χ1) is 19.7. The summed E-state index contributed by atoms with van der Waals surface area (Å²) in [5.41, 5.74) is 2.28. The number of likely N-dealkylation sites (tertiary alicyclic amines) is 1. The fourth-order valence-corrected chi connectivity index (χ4v) is 6.03. The zero-order chi connectivity index (χ0) is 29.5. The molecule has 3 aromatic rings. The van der Waals surface area contributed by atoms with Gasteiger partial charge in [-0.05, 0) is 61.4 Å². The van der Waals surface area contributed by atoms with Crippen molar-refractivity contribution < 1.29 is 13.2 Å². The molecule has 10 nitrogen and oxygen atoms in total. The van der Waals surface area contributed by atoms with E-state index >= 15 is 0 Å². The number of nitrogens with zero attached hydrogens (tertiary/aromatic N) is 5. The molecule has 1 aliphatic rings. The van der Waals surface area contributed by atoms with E-state index in [0.717, 1.165) is 36.6 Å². The molecule has 0 amide bonds. The van der Waals surface area contributed by atoms with Crippen LogP contribution >= 0.6 is 0 Å². The highest BCUT2D eigenvalue weighted by molar-refractivity contribution is 7.89. The molecule has 2 aromatic carbocycles. The van der Waals surface area contributed by atoms with Crippen LogP contribution in [-0.4, -0.2) is 74.5 Å². The minimum atomic E-state index is -3.57. The second-order valence-electron chi connectivity index (χ2n) is 10.4. The Hall–Kier alpha value is -3.98. The summed E-state index contributed by atoms with van der Waals surface area (Å²) < 4.78 is 27.9. The first kappa shape index (κ1) is 30.0. The third-order valence-corrected chi connectivity index (χ3v) is 9.41. The number of benzene rings is 2. The zero-order valence-electron chi connectivity index (χ0n) is 23.7. The summed E-state index contributed by atoms with van der Waals surface area (Å²) in [4.78, 5) is 15.0. The van der Waals surface area contributed by atoms with Crippen molar-refractivity contribution in [2.75, 3.05) is 46.1 Å². The molecule has 0 saturated carbocycles. The third-order valence-electron chi connectivity index (χ3n) is 7.58. The molecule has 0 aliphatic carbocycles. The van der Waals surface area contributed by atoms with Gasteiger partial charge in [0.05, 0.1) is 34.2 Å². The summed E-state index contributed by atoms with van der Waals surface area (Å²) in [5, 5.41) is 20.9. The number of nitriles is 1. The number of sulfonamides is 1. The maximum atomic E-state index is 12.5. The van der Waals surface area contributed by atoms with Gasteiger partial charge in [0.2, 0.25) is 10.0 Å². The average Bonchev–Trinajstić information content (AvgIpc) is 3.34. The Bertz CT molecular complexity index is 1500. The van der Waals surface area contributed by atoms with Crippen molar-refractivity contribution in [2.24, 2.45) is 0 Å². The fourth-order valence-electron chi connectivity index (χ4n) is 5.13. The van der Waals surface area contributed by atoms with Crippen molar-refractivity contribution in [2.45, 2.75) is 36.1 Å². The predicted molar refractivity (Wildman–Crippen MR) is 160 cm³/mol. The van der Waals surface area contributed by atoms with Crippen molar-refractivity contribution in [3.8, 4) is 6.07 Å². The van der Waals surface area contributed by atoms with Gasteiger partial charge in [0.1, 0.15) is 0 Å². The number of aldehydes is 1. The third kappa shape index (κ3) is 6.68. The van der Waals surface area contributed by atoms with Gasteiger partial charge < -0.3 is 15.5 Å².